The van der Waals surface area contributed by atoms with Crippen molar-refractivity contribution in [2.45, 2.75) is 6.92 Å². The van der Waals surface area contributed by atoms with Crippen LogP contribution in [0.3, 0.4) is 0 Å². The van der Waals surface area contributed by atoms with E-state index in [2.05, 4.69) is 10.1 Å². The molecule has 0 aromatic heterocycles. The van der Waals surface area contributed by atoms with Crippen LogP contribution in [0.4, 0.5) is 4.79 Å². The van der Waals surface area contributed by atoms with Gasteiger partial charge in [-0.1, -0.05) is 0 Å². The lowest BCUT2D eigenvalue weighted by atomic mass is 10.1. The summed E-state index contributed by atoms with van der Waals surface area (Å²) in [5, 5.41) is 2.38. The van der Waals surface area contributed by atoms with Gasteiger partial charge in [0.15, 0.2) is 0 Å². The van der Waals surface area contributed by atoms with Crippen molar-refractivity contribution in [3.8, 4) is 0 Å². The van der Waals surface area contributed by atoms with Gasteiger partial charge in [0.1, 0.15) is 0 Å². The molecular weight excluding hydrogens is 188 g/mol. The van der Waals surface area contributed by atoms with Crippen LogP contribution in [0, 0.1) is 0 Å². The molecule has 0 aliphatic carbocycles. The van der Waals surface area contributed by atoms with E-state index in [0.29, 0.717) is 12.1 Å². The van der Waals surface area contributed by atoms with Crippen LogP contribution in [-0.4, -0.2) is 37.0 Å². The number of ether oxygens (including phenoxy) is 1. The Bertz CT molecular complexity index is 321. The third kappa shape index (κ3) is 1.73. The summed E-state index contributed by atoms with van der Waals surface area (Å²) in [5.74, 6) is -0.547. The maximum Gasteiger partial charge on any atom is 0.337 e. The highest BCUT2D eigenvalue weighted by Gasteiger charge is 2.26. The fraction of sp³-hybridized carbons (Fsp3) is 0.375. The van der Waals surface area contributed by atoms with Gasteiger partial charge in [-0.25, -0.2) is 9.59 Å². The van der Waals surface area contributed by atoms with Crippen molar-refractivity contribution >= 4 is 18.4 Å². The molecule has 0 fully saturated rings. The lowest BCUT2D eigenvalue weighted by Gasteiger charge is -2.24. The van der Waals surface area contributed by atoms with Gasteiger partial charge in [0.25, 0.3) is 0 Å². The first-order valence-electron chi connectivity index (χ1n) is 3.91. The van der Waals surface area contributed by atoms with Crippen molar-refractivity contribution in [2.24, 2.45) is 0 Å². The Balaban J connectivity index is 2.94. The standard InChI is InChI=1S/C8H10N2O4/c1-5-6(7(12)14-2)3-10(4-11)8(13)9-5/h4H,3H2,1-2H3,(H,9,13). The van der Waals surface area contributed by atoms with Gasteiger partial charge in [0.05, 0.1) is 19.2 Å². The highest BCUT2D eigenvalue weighted by molar-refractivity contribution is 5.96. The largest absolute Gasteiger partial charge is 0.466 e. The zero-order valence-electron chi connectivity index (χ0n) is 7.86. The Kier molecular flexibility index (Phi) is 2.85. The van der Waals surface area contributed by atoms with Crippen LogP contribution in [0.25, 0.3) is 0 Å². The number of carbonyl (C=O) groups excluding carboxylic acids is 3. The number of nitrogens with zero attached hydrogens (tertiary/aromatic N) is 1. The summed E-state index contributed by atoms with van der Waals surface area (Å²) in [6.07, 6.45) is 0.366. The maximum absolute atomic E-state index is 11.2. The third-order valence-corrected chi connectivity index (χ3v) is 1.90. The number of hydrogen-bond donors (Lipinski definition) is 1. The number of allylic oxidation sites excluding steroid dienone is 1. The third-order valence-electron chi connectivity index (χ3n) is 1.90. The van der Waals surface area contributed by atoms with E-state index >= 15 is 0 Å². The minimum Gasteiger partial charge on any atom is -0.466 e. The fourth-order valence-corrected chi connectivity index (χ4v) is 1.09. The van der Waals surface area contributed by atoms with Gasteiger partial charge in [0, 0.05) is 5.70 Å². The molecule has 0 spiro atoms. The molecular formula is C8H10N2O4. The smallest absolute Gasteiger partial charge is 0.337 e. The number of urea groups is 1. The van der Waals surface area contributed by atoms with E-state index in [0.717, 1.165) is 4.90 Å². The predicted octanol–water partition coefficient (Wildman–Crippen LogP) is -0.385. The predicted molar refractivity (Wildman–Crippen MR) is 46.0 cm³/mol. The molecule has 6 heteroatoms. The topological polar surface area (TPSA) is 75.7 Å². The molecule has 3 amide bonds. The van der Waals surface area contributed by atoms with E-state index in [-0.39, 0.29) is 12.1 Å². The molecule has 1 heterocycles. The zero-order chi connectivity index (χ0) is 10.7. The average molecular weight is 198 g/mol. The quantitative estimate of drug-likeness (QED) is 0.484. The van der Waals surface area contributed by atoms with Crippen LogP contribution in [0.2, 0.25) is 0 Å². The van der Waals surface area contributed by atoms with Crippen LogP contribution < -0.4 is 5.32 Å². The molecule has 0 radical (unpaired) electrons. The SMILES string of the molecule is COC(=O)C1=C(C)NC(=O)N(C=O)C1. The summed E-state index contributed by atoms with van der Waals surface area (Å²) in [6.45, 7) is 1.53. The monoisotopic (exact) mass is 198 g/mol. The van der Waals surface area contributed by atoms with Crippen molar-refractivity contribution < 1.29 is 19.1 Å². The van der Waals surface area contributed by atoms with Crippen LogP contribution in [0.5, 0.6) is 0 Å². The first kappa shape index (κ1) is 10.2. The minimum absolute atomic E-state index is 0.0478. The number of nitrogens with one attached hydrogen (secondary N) is 1. The van der Waals surface area contributed by atoms with Gasteiger partial charge in [0.2, 0.25) is 6.41 Å². The van der Waals surface area contributed by atoms with Gasteiger partial charge in [-0.05, 0) is 6.92 Å². The maximum atomic E-state index is 11.2. The van der Waals surface area contributed by atoms with Gasteiger partial charge < -0.3 is 10.1 Å². The number of rotatable bonds is 2. The molecule has 0 unspecified atom stereocenters. The first-order valence-corrected chi connectivity index (χ1v) is 3.91. The van der Waals surface area contributed by atoms with E-state index in [4.69, 9.17) is 0 Å². The summed E-state index contributed by atoms with van der Waals surface area (Å²) in [5.41, 5.74) is 0.694. The summed E-state index contributed by atoms with van der Waals surface area (Å²) in [6, 6.07) is -0.537. The summed E-state index contributed by atoms with van der Waals surface area (Å²) < 4.78 is 4.50. The molecule has 76 valence electrons. The second-order valence-electron chi connectivity index (χ2n) is 2.76. The van der Waals surface area contributed by atoms with Gasteiger partial charge >= 0.3 is 12.0 Å². The summed E-state index contributed by atoms with van der Waals surface area (Å²) in [4.78, 5) is 33.5. The molecule has 1 aliphatic heterocycles. The van der Waals surface area contributed by atoms with Crippen molar-refractivity contribution in [3.05, 3.63) is 11.3 Å². The van der Waals surface area contributed by atoms with Gasteiger partial charge in [-0.3, -0.25) is 9.69 Å². The highest BCUT2D eigenvalue weighted by Crippen LogP contribution is 2.11. The molecule has 0 aromatic rings. The second-order valence-corrected chi connectivity index (χ2v) is 2.76. The number of esters is 1. The van der Waals surface area contributed by atoms with Crippen molar-refractivity contribution in [2.75, 3.05) is 13.7 Å². The molecule has 0 saturated carbocycles. The van der Waals surface area contributed by atoms with Crippen LogP contribution in [-0.2, 0) is 14.3 Å². The molecule has 6 nitrogen and oxygen atoms in total. The molecule has 14 heavy (non-hydrogen) atoms. The van der Waals surface area contributed by atoms with E-state index in [1.54, 1.807) is 6.92 Å². The van der Waals surface area contributed by atoms with Crippen LogP contribution in [0.1, 0.15) is 6.92 Å². The molecule has 0 atom stereocenters. The van der Waals surface area contributed by atoms with Gasteiger partial charge in [-0.15, -0.1) is 0 Å². The van der Waals surface area contributed by atoms with E-state index in [9.17, 15) is 14.4 Å². The average Bonchev–Trinajstić information content (AvgIpc) is 2.17. The number of methoxy groups -OCH3 is 1. The normalized spacial score (nSPS) is 16.4. The number of carbonyl (C=O) groups is 3. The molecule has 1 N–H and O–H groups in total. The number of imide groups is 1. The zero-order valence-corrected chi connectivity index (χ0v) is 7.86. The van der Waals surface area contributed by atoms with Gasteiger partial charge in [-0.2, -0.15) is 0 Å². The Labute approximate surface area is 80.5 Å². The van der Waals surface area contributed by atoms with Crippen LogP contribution in [0.15, 0.2) is 11.3 Å². The Hall–Kier alpha value is -1.85. The van der Waals surface area contributed by atoms with E-state index in [1.807, 2.05) is 0 Å². The molecule has 0 saturated heterocycles. The van der Waals surface area contributed by atoms with Crippen molar-refractivity contribution in [1.29, 1.82) is 0 Å². The summed E-state index contributed by atoms with van der Waals surface area (Å²) >= 11 is 0. The Morgan fingerprint density at radius 1 is 1.64 bits per heavy atom. The number of amides is 3. The molecule has 0 aromatic carbocycles. The molecule has 1 aliphatic rings. The lowest BCUT2D eigenvalue weighted by molar-refractivity contribution is -0.136. The van der Waals surface area contributed by atoms with Crippen LogP contribution >= 0.6 is 0 Å². The Morgan fingerprint density at radius 2 is 2.29 bits per heavy atom. The van der Waals surface area contributed by atoms with E-state index < -0.39 is 12.0 Å². The summed E-state index contributed by atoms with van der Waals surface area (Å²) in [7, 11) is 1.24. The lowest BCUT2D eigenvalue weighted by Crippen LogP contribution is -2.45. The molecule has 0 bridgehead atoms. The fourth-order valence-electron chi connectivity index (χ4n) is 1.09. The number of hydrogen-bond acceptors (Lipinski definition) is 4. The molecule has 1 rings (SSSR count). The second kappa shape index (κ2) is 3.91. The van der Waals surface area contributed by atoms with Crippen molar-refractivity contribution in [3.63, 3.8) is 0 Å². The minimum atomic E-state index is -0.547. The van der Waals surface area contributed by atoms with Crippen molar-refractivity contribution in [1.82, 2.24) is 10.2 Å². The van der Waals surface area contributed by atoms with E-state index in [1.165, 1.54) is 7.11 Å². The first-order chi connectivity index (χ1) is 6.60. The Morgan fingerprint density at radius 3 is 2.79 bits per heavy atom. The highest BCUT2D eigenvalue weighted by atomic mass is 16.5.